The maximum Gasteiger partial charge on any atom is 0.401 e. The molecular weight excluding hydrogens is 259 g/mol. The predicted molar refractivity (Wildman–Crippen MR) is 65.7 cm³/mol. The number of hydrogen-bond donors (Lipinski definition) is 1. The van der Waals surface area contributed by atoms with Gasteiger partial charge >= 0.3 is 6.18 Å². The summed E-state index contributed by atoms with van der Waals surface area (Å²) >= 11 is 0. The van der Waals surface area contributed by atoms with Crippen LogP contribution in [0.2, 0.25) is 0 Å². The van der Waals surface area contributed by atoms with Crippen LogP contribution < -0.4 is 0 Å². The molecule has 0 aromatic carbocycles. The first-order valence-corrected chi connectivity index (χ1v) is 6.56. The van der Waals surface area contributed by atoms with Gasteiger partial charge in [0.15, 0.2) is 0 Å². The third-order valence-electron chi connectivity index (χ3n) is 3.60. The highest BCUT2D eigenvalue weighted by Crippen LogP contribution is 2.37. The lowest BCUT2D eigenvalue weighted by Crippen LogP contribution is -2.43. The maximum absolute atomic E-state index is 12.4. The Balaban J connectivity index is 2.64. The second-order valence-electron chi connectivity index (χ2n) is 6.11. The summed E-state index contributed by atoms with van der Waals surface area (Å²) in [5.74, 6) is -0.304. The smallest absolute Gasteiger partial charge is 0.395 e. The van der Waals surface area contributed by atoms with Gasteiger partial charge in [-0.05, 0) is 18.3 Å². The molecule has 1 rings (SSSR count). The van der Waals surface area contributed by atoms with Crippen molar-refractivity contribution in [3.05, 3.63) is 0 Å². The molecule has 1 fully saturated rings. The molecule has 0 aromatic rings. The molecule has 1 aliphatic rings. The van der Waals surface area contributed by atoms with Crippen molar-refractivity contribution in [2.75, 3.05) is 26.2 Å². The Bertz CT molecular complexity index is 316. The van der Waals surface area contributed by atoms with E-state index in [0.717, 1.165) is 11.3 Å². The van der Waals surface area contributed by atoms with Gasteiger partial charge in [-0.1, -0.05) is 13.8 Å². The van der Waals surface area contributed by atoms with E-state index in [-0.39, 0.29) is 36.8 Å². The van der Waals surface area contributed by atoms with Crippen LogP contribution in [0.4, 0.5) is 13.2 Å². The summed E-state index contributed by atoms with van der Waals surface area (Å²) in [7, 11) is 0. The molecule has 1 unspecified atom stereocenters. The highest BCUT2D eigenvalue weighted by Gasteiger charge is 2.37. The van der Waals surface area contributed by atoms with Crippen molar-refractivity contribution >= 4 is 5.78 Å². The summed E-state index contributed by atoms with van der Waals surface area (Å²) < 4.78 is 37.3. The van der Waals surface area contributed by atoms with Gasteiger partial charge in [0, 0.05) is 25.4 Å². The first-order valence-electron chi connectivity index (χ1n) is 6.56. The van der Waals surface area contributed by atoms with E-state index in [1.54, 1.807) is 0 Å². The maximum atomic E-state index is 12.4. The van der Waals surface area contributed by atoms with Gasteiger partial charge in [0.25, 0.3) is 0 Å². The monoisotopic (exact) mass is 281 g/mol. The van der Waals surface area contributed by atoms with E-state index < -0.39 is 12.7 Å². The zero-order chi connectivity index (χ0) is 14.7. The molecule has 112 valence electrons. The zero-order valence-electron chi connectivity index (χ0n) is 11.5. The van der Waals surface area contributed by atoms with Crippen LogP contribution in [0.25, 0.3) is 0 Å². The van der Waals surface area contributed by atoms with Crippen molar-refractivity contribution in [2.45, 2.75) is 39.3 Å². The first-order chi connectivity index (χ1) is 8.63. The second-order valence-corrected chi connectivity index (χ2v) is 6.11. The van der Waals surface area contributed by atoms with Crippen LogP contribution in [0.15, 0.2) is 0 Å². The van der Waals surface area contributed by atoms with Crippen molar-refractivity contribution in [1.82, 2.24) is 4.90 Å². The van der Waals surface area contributed by atoms with Crippen LogP contribution in [0.5, 0.6) is 0 Å². The standard InChI is InChI=1S/C13H22F3NO2/c1-12(2)4-3-11(19)10(7-12)8-17(5-6-18)9-13(14,15)16/h10,18H,3-9H2,1-2H3. The van der Waals surface area contributed by atoms with E-state index in [2.05, 4.69) is 0 Å². The highest BCUT2D eigenvalue weighted by molar-refractivity contribution is 5.82. The van der Waals surface area contributed by atoms with Gasteiger partial charge in [-0.2, -0.15) is 13.2 Å². The van der Waals surface area contributed by atoms with Crippen molar-refractivity contribution < 1.29 is 23.1 Å². The molecule has 0 saturated heterocycles. The van der Waals surface area contributed by atoms with Crippen LogP contribution in [-0.2, 0) is 4.79 Å². The average Bonchev–Trinajstić information content (AvgIpc) is 2.21. The summed E-state index contributed by atoms with van der Waals surface area (Å²) in [6.07, 6.45) is -2.45. The Morgan fingerprint density at radius 2 is 2.05 bits per heavy atom. The number of ketones is 1. The van der Waals surface area contributed by atoms with Gasteiger partial charge in [0.05, 0.1) is 13.2 Å². The first kappa shape index (κ1) is 16.4. The molecular formula is C13H22F3NO2. The number of nitrogens with zero attached hydrogens (tertiary/aromatic N) is 1. The Labute approximate surface area is 111 Å². The zero-order valence-corrected chi connectivity index (χ0v) is 11.5. The van der Waals surface area contributed by atoms with E-state index in [4.69, 9.17) is 5.11 Å². The molecule has 3 nitrogen and oxygen atoms in total. The molecule has 0 bridgehead atoms. The fraction of sp³-hybridized carbons (Fsp3) is 0.923. The fourth-order valence-corrected chi connectivity index (χ4v) is 2.66. The summed E-state index contributed by atoms with van der Waals surface area (Å²) in [4.78, 5) is 12.9. The normalized spacial score (nSPS) is 23.9. The number of alkyl halides is 3. The van der Waals surface area contributed by atoms with Gasteiger partial charge in [-0.25, -0.2) is 0 Å². The van der Waals surface area contributed by atoms with E-state index >= 15 is 0 Å². The fourth-order valence-electron chi connectivity index (χ4n) is 2.66. The summed E-state index contributed by atoms with van der Waals surface area (Å²) in [6.45, 7) is 2.70. The van der Waals surface area contributed by atoms with E-state index in [9.17, 15) is 18.0 Å². The number of hydrogen-bond acceptors (Lipinski definition) is 3. The second kappa shape index (κ2) is 6.22. The molecule has 0 radical (unpaired) electrons. The number of halogens is 3. The summed E-state index contributed by atoms with van der Waals surface area (Å²) in [5, 5.41) is 8.84. The number of carbonyl (C=O) groups excluding carboxylic acids is 1. The summed E-state index contributed by atoms with van der Waals surface area (Å²) in [6, 6.07) is 0. The van der Waals surface area contributed by atoms with Crippen molar-refractivity contribution in [2.24, 2.45) is 11.3 Å². The molecule has 19 heavy (non-hydrogen) atoms. The molecule has 0 amide bonds. The molecule has 0 aromatic heterocycles. The molecule has 1 aliphatic carbocycles. The third kappa shape index (κ3) is 5.91. The number of Topliss-reactive ketones (excluding diaryl/α,β-unsaturated/α-hetero) is 1. The summed E-state index contributed by atoms with van der Waals surface area (Å²) in [5.41, 5.74) is 0.00168. The van der Waals surface area contributed by atoms with Gasteiger partial charge in [0.1, 0.15) is 5.78 Å². The minimum atomic E-state index is -4.30. The quantitative estimate of drug-likeness (QED) is 0.840. The number of carbonyl (C=O) groups is 1. The van der Waals surface area contributed by atoms with E-state index in [0.29, 0.717) is 12.8 Å². The lowest BCUT2D eigenvalue weighted by molar-refractivity contribution is -0.151. The molecule has 1 atom stereocenters. The minimum absolute atomic E-state index is 0.00168. The molecule has 6 heteroatoms. The predicted octanol–water partition coefficient (Wildman–Crippen LogP) is 2.24. The van der Waals surface area contributed by atoms with E-state index in [1.807, 2.05) is 13.8 Å². The van der Waals surface area contributed by atoms with Gasteiger partial charge in [-0.3, -0.25) is 9.69 Å². The number of aliphatic hydroxyl groups is 1. The van der Waals surface area contributed by atoms with Crippen LogP contribution in [0.3, 0.4) is 0 Å². The van der Waals surface area contributed by atoms with Crippen molar-refractivity contribution in [3.8, 4) is 0 Å². The van der Waals surface area contributed by atoms with Gasteiger partial charge in [0.2, 0.25) is 0 Å². The lowest BCUT2D eigenvalue weighted by atomic mass is 9.71. The Kier molecular flexibility index (Phi) is 5.38. The number of aliphatic hydroxyl groups excluding tert-OH is 1. The van der Waals surface area contributed by atoms with Crippen molar-refractivity contribution in [3.63, 3.8) is 0 Å². The lowest BCUT2D eigenvalue weighted by Gasteiger charge is -2.36. The van der Waals surface area contributed by atoms with Crippen LogP contribution in [-0.4, -0.2) is 48.2 Å². The highest BCUT2D eigenvalue weighted by atomic mass is 19.4. The van der Waals surface area contributed by atoms with Crippen LogP contribution in [0, 0.1) is 11.3 Å². The molecule has 0 aliphatic heterocycles. The average molecular weight is 281 g/mol. The minimum Gasteiger partial charge on any atom is -0.395 e. The SMILES string of the molecule is CC1(C)CCC(=O)C(CN(CCO)CC(F)(F)F)C1. The Morgan fingerprint density at radius 1 is 1.42 bits per heavy atom. The molecule has 1 saturated carbocycles. The third-order valence-corrected chi connectivity index (χ3v) is 3.60. The van der Waals surface area contributed by atoms with Crippen LogP contribution in [0.1, 0.15) is 33.1 Å². The largest absolute Gasteiger partial charge is 0.401 e. The molecule has 1 N–H and O–H groups in total. The molecule has 0 heterocycles. The topological polar surface area (TPSA) is 40.5 Å². The Morgan fingerprint density at radius 3 is 2.58 bits per heavy atom. The molecule has 0 spiro atoms. The number of rotatable bonds is 5. The van der Waals surface area contributed by atoms with E-state index in [1.165, 1.54) is 0 Å². The van der Waals surface area contributed by atoms with Crippen LogP contribution >= 0.6 is 0 Å². The van der Waals surface area contributed by atoms with Gasteiger partial charge in [-0.15, -0.1) is 0 Å². The van der Waals surface area contributed by atoms with Crippen molar-refractivity contribution in [1.29, 1.82) is 0 Å². The van der Waals surface area contributed by atoms with Gasteiger partial charge < -0.3 is 5.11 Å². The Hall–Kier alpha value is -0.620.